The molecule has 118 valence electrons. The summed E-state index contributed by atoms with van der Waals surface area (Å²) in [5, 5.41) is 3.50. The number of ether oxygens (including phenoxy) is 1. The highest BCUT2D eigenvalue weighted by molar-refractivity contribution is 5.80. The van der Waals surface area contributed by atoms with Crippen LogP contribution in [0, 0.1) is 0 Å². The van der Waals surface area contributed by atoms with Crippen molar-refractivity contribution in [2.45, 2.75) is 77.9 Å². The minimum Gasteiger partial charge on any atom is -0.465 e. The summed E-state index contributed by atoms with van der Waals surface area (Å²) in [4.78, 5) is 14.8. The summed E-state index contributed by atoms with van der Waals surface area (Å²) < 4.78 is 5.29. The van der Waals surface area contributed by atoms with Crippen molar-refractivity contribution < 1.29 is 9.53 Å². The molecule has 1 aliphatic carbocycles. The van der Waals surface area contributed by atoms with Crippen LogP contribution < -0.4 is 5.32 Å². The molecule has 20 heavy (non-hydrogen) atoms. The quantitative estimate of drug-likeness (QED) is 0.626. The van der Waals surface area contributed by atoms with E-state index in [0.717, 1.165) is 25.9 Å². The molecular weight excluding hydrogens is 252 g/mol. The molecule has 0 amide bonds. The van der Waals surface area contributed by atoms with Crippen molar-refractivity contribution in [1.82, 2.24) is 10.2 Å². The summed E-state index contributed by atoms with van der Waals surface area (Å²) in [6, 6.07) is 0.874. The van der Waals surface area contributed by atoms with E-state index in [0.29, 0.717) is 18.7 Å². The van der Waals surface area contributed by atoms with E-state index in [9.17, 15) is 4.79 Å². The molecule has 1 rings (SSSR count). The van der Waals surface area contributed by atoms with E-state index in [1.165, 1.54) is 12.8 Å². The van der Waals surface area contributed by atoms with Crippen LogP contribution in [-0.4, -0.2) is 48.2 Å². The van der Waals surface area contributed by atoms with E-state index in [1.54, 1.807) is 0 Å². The minimum absolute atomic E-state index is 0.105. The van der Waals surface area contributed by atoms with E-state index in [4.69, 9.17) is 4.74 Å². The average molecular weight is 284 g/mol. The maximum absolute atomic E-state index is 12.3. The summed E-state index contributed by atoms with van der Waals surface area (Å²) in [5.74, 6) is -0.105. The van der Waals surface area contributed by atoms with Crippen LogP contribution in [0.5, 0.6) is 0 Å². The van der Waals surface area contributed by atoms with Gasteiger partial charge >= 0.3 is 5.97 Å². The van der Waals surface area contributed by atoms with Gasteiger partial charge in [0.25, 0.3) is 0 Å². The topological polar surface area (TPSA) is 41.6 Å². The molecule has 0 aromatic carbocycles. The van der Waals surface area contributed by atoms with Gasteiger partial charge in [-0.2, -0.15) is 0 Å². The highest BCUT2D eigenvalue weighted by atomic mass is 16.5. The molecule has 0 saturated heterocycles. The van der Waals surface area contributed by atoms with E-state index >= 15 is 0 Å². The summed E-state index contributed by atoms with van der Waals surface area (Å²) in [6.07, 6.45) is 4.30. The molecule has 1 aliphatic rings. The lowest BCUT2D eigenvalue weighted by atomic mass is 9.92. The zero-order valence-corrected chi connectivity index (χ0v) is 13.9. The van der Waals surface area contributed by atoms with Gasteiger partial charge in [-0.3, -0.25) is 10.1 Å². The fourth-order valence-corrected chi connectivity index (χ4v) is 2.87. The molecule has 4 nitrogen and oxygen atoms in total. The van der Waals surface area contributed by atoms with Crippen LogP contribution in [0.1, 0.15) is 60.3 Å². The minimum atomic E-state index is -0.558. The third kappa shape index (κ3) is 5.06. The number of nitrogens with zero attached hydrogens (tertiary/aromatic N) is 1. The molecule has 1 fully saturated rings. The molecule has 2 unspecified atom stereocenters. The first-order valence-corrected chi connectivity index (χ1v) is 8.15. The number of carbonyl (C=O) groups is 1. The Kier molecular flexibility index (Phi) is 6.96. The molecular formula is C16H32N2O2. The van der Waals surface area contributed by atoms with E-state index in [2.05, 4.69) is 31.0 Å². The van der Waals surface area contributed by atoms with Crippen LogP contribution in [-0.2, 0) is 9.53 Å². The lowest BCUT2D eigenvalue weighted by molar-refractivity contribution is -0.151. The maximum Gasteiger partial charge on any atom is 0.326 e. The Morgan fingerprint density at radius 1 is 1.40 bits per heavy atom. The maximum atomic E-state index is 12.3. The molecule has 0 heterocycles. The van der Waals surface area contributed by atoms with Gasteiger partial charge in [-0.05, 0) is 59.5 Å². The molecule has 1 N–H and O–H groups in total. The van der Waals surface area contributed by atoms with Crippen molar-refractivity contribution in [2.24, 2.45) is 0 Å². The van der Waals surface area contributed by atoms with Crippen LogP contribution in [0.25, 0.3) is 0 Å². The third-order valence-electron chi connectivity index (χ3n) is 4.07. The Hall–Kier alpha value is -0.610. The van der Waals surface area contributed by atoms with E-state index in [1.807, 2.05) is 13.8 Å². The van der Waals surface area contributed by atoms with Crippen molar-refractivity contribution in [1.29, 1.82) is 0 Å². The van der Waals surface area contributed by atoms with Crippen LogP contribution >= 0.6 is 0 Å². The smallest absolute Gasteiger partial charge is 0.326 e. The van der Waals surface area contributed by atoms with Gasteiger partial charge in [-0.1, -0.05) is 13.8 Å². The third-order valence-corrected chi connectivity index (χ3v) is 4.07. The first-order chi connectivity index (χ1) is 9.46. The molecule has 0 aromatic heterocycles. The Bertz CT molecular complexity index is 305. The van der Waals surface area contributed by atoms with Gasteiger partial charge in [-0.25, -0.2) is 0 Å². The molecule has 1 saturated carbocycles. The second kappa shape index (κ2) is 7.99. The summed E-state index contributed by atoms with van der Waals surface area (Å²) in [7, 11) is 0. The van der Waals surface area contributed by atoms with Gasteiger partial charge in [0.15, 0.2) is 0 Å². The molecule has 2 atom stereocenters. The second-order valence-corrected chi connectivity index (χ2v) is 6.15. The Labute approximate surface area is 124 Å². The van der Waals surface area contributed by atoms with E-state index < -0.39 is 5.54 Å². The van der Waals surface area contributed by atoms with Gasteiger partial charge < -0.3 is 9.64 Å². The molecule has 0 aliphatic heterocycles. The number of hydrogen-bond acceptors (Lipinski definition) is 4. The monoisotopic (exact) mass is 284 g/mol. The first kappa shape index (κ1) is 17.4. The lowest BCUT2D eigenvalue weighted by Crippen LogP contribution is -2.55. The molecule has 0 bridgehead atoms. The van der Waals surface area contributed by atoms with Crippen molar-refractivity contribution in [2.75, 3.05) is 19.7 Å². The van der Waals surface area contributed by atoms with Gasteiger partial charge in [0.1, 0.15) is 5.54 Å². The van der Waals surface area contributed by atoms with Crippen LogP contribution in [0.3, 0.4) is 0 Å². The van der Waals surface area contributed by atoms with Crippen LogP contribution in [0.2, 0.25) is 0 Å². The Balaban J connectivity index is 2.69. The first-order valence-electron chi connectivity index (χ1n) is 8.15. The number of nitrogens with one attached hydrogen (secondary N) is 1. The second-order valence-electron chi connectivity index (χ2n) is 6.15. The normalized spacial score (nSPS) is 19.7. The van der Waals surface area contributed by atoms with E-state index in [-0.39, 0.29) is 5.97 Å². The van der Waals surface area contributed by atoms with Crippen molar-refractivity contribution in [3.05, 3.63) is 0 Å². The van der Waals surface area contributed by atoms with Crippen LogP contribution in [0.15, 0.2) is 0 Å². The highest BCUT2D eigenvalue weighted by Gasteiger charge is 2.41. The standard InChI is InChI=1S/C16H32N2O2/c1-6-11-18(7-2)13(4)12-16(5,15(19)20-8-3)17-14-9-10-14/h13-14,17H,6-12H2,1-5H3. The van der Waals surface area contributed by atoms with Gasteiger partial charge in [0.05, 0.1) is 6.61 Å². The van der Waals surface area contributed by atoms with Crippen molar-refractivity contribution in [3.8, 4) is 0 Å². The predicted octanol–water partition coefficient (Wildman–Crippen LogP) is 2.57. The number of hydrogen-bond donors (Lipinski definition) is 1. The van der Waals surface area contributed by atoms with Crippen LogP contribution in [0.4, 0.5) is 0 Å². The molecule has 0 aromatic rings. The zero-order chi connectivity index (χ0) is 15.2. The number of rotatable bonds is 10. The summed E-state index contributed by atoms with van der Waals surface area (Å²) in [5.41, 5.74) is -0.558. The average Bonchev–Trinajstić information content (AvgIpc) is 3.19. The fraction of sp³-hybridized carbons (Fsp3) is 0.938. The van der Waals surface area contributed by atoms with Crippen molar-refractivity contribution >= 4 is 5.97 Å². The SMILES string of the molecule is CCCN(CC)C(C)CC(C)(NC1CC1)C(=O)OCC. The zero-order valence-electron chi connectivity index (χ0n) is 13.9. The van der Waals surface area contributed by atoms with Gasteiger partial charge in [0.2, 0.25) is 0 Å². The Morgan fingerprint density at radius 2 is 2.05 bits per heavy atom. The number of carbonyl (C=O) groups excluding carboxylic acids is 1. The summed E-state index contributed by atoms with van der Waals surface area (Å²) >= 11 is 0. The van der Waals surface area contributed by atoms with Crippen molar-refractivity contribution in [3.63, 3.8) is 0 Å². The fourth-order valence-electron chi connectivity index (χ4n) is 2.87. The highest BCUT2D eigenvalue weighted by Crippen LogP contribution is 2.27. The van der Waals surface area contributed by atoms with Gasteiger partial charge in [-0.15, -0.1) is 0 Å². The number of esters is 1. The summed E-state index contributed by atoms with van der Waals surface area (Å²) in [6.45, 7) is 13.0. The molecule has 4 heteroatoms. The molecule has 0 spiro atoms. The van der Waals surface area contributed by atoms with Gasteiger partial charge in [0, 0.05) is 12.1 Å². The predicted molar refractivity (Wildman–Crippen MR) is 82.8 cm³/mol. The molecule has 0 radical (unpaired) electrons. The lowest BCUT2D eigenvalue weighted by Gasteiger charge is -2.36. The largest absolute Gasteiger partial charge is 0.465 e. The Morgan fingerprint density at radius 3 is 2.50 bits per heavy atom.